The summed E-state index contributed by atoms with van der Waals surface area (Å²) in [4.78, 5) is 22.8. The zero-order valence-electron chi connectivity index (χ0n) is 11.9. The van der Waals surface area contributed by atoms with E-state index < -0.39 is 12.1 Å². The number of benzene rings is 2. The molecule has 0 atom stereocenters. The Morgan fingerprint density at radius 2 is 1.82 bits per heavy atom. The lowest BCUT2D eigenvalue weighted by Crippen LogP contribution is -2.15. The average molecular weight is 301 g/mol. The summed E-state index contributed by atoms with van der Waals surface area (Å²) in [7, 11) is 0. The fraction of sp³-hybridized carbons (Fsp3) is 0.125. The van der Waals surface area contributed by atoms with Crippen LogP contribution in [-0.2, 0) is 11.3 Å². The van der Waals surface area contributed by atoms with Crippen molar-refractivity contribution in [1.29, 1.82) is 0 Å². The van der Waals surface area contributed by atoms with Crippen molar-refractivity contribution in [2.45, 2.75) is 13.5 Å². The molecule has 2 rings (SSSR count). The molecule has 0 saturated heterocycles. The minimum Gasteiger partial charge on any atom is -0.506 e. The first-order valence-electron chi connectivity index (χ1n) is 6.52. The van der Waals surface area contributed by atoms with Crippen LogP contribution < -0.4 is 5.32 Å². The summed E-state index contributed by atoms with van der Waals surface area (Å²) in [6.45, 7) is 1.57. The number of amides is 1. The largest absolute Gasteiger partial charge is 0.506 e. The van der Waals surface area contributed by atoms with E-state index in [1.54, 1.807) is 12.1 Å². The molecule has 0 aromatic heterocycles. The highest BCUT2D eigenvalue weighted by Crippen LogP contribution is 2.29. The number of phenolic OH excluding ortho intramolecular Hbond substituents is 1. The number of carbonyl (C=O) groups excluding carboxylic acids is 1. The van der Waals surface area contributed by atoms with Crippen molar-refractivity contribution in [3.8, 4) is 5.75 Å². The predicted molar refractivity (Wildman–Crippen MR) is 80.1 cm³/mol. The van der Waals surface area contributed by atoms with Crippen LogP contribution in [0.4, 0.5) is 10.5 Å². The Balaban J connectivity index is 2.08. The molecular formula is C16H15NO5. The van der Waals surface area contributed by atoms with Crippen LogP contribution in [-0.4, -0.2) is 22.3 Å². The van der Waals surface area contributed by atoms with Gasteiger partial charge in [-0.3, -0.25) is 5.32 Å². The smallest absolute Gasteiger partial charge is 0.412 e. The number of aromatic hydroxyl groups is 1. The minimum absolute atomic E-state index is 0.00356. The Kier molecular flexibility index (Phi) is 4.63. The summed E-state index contributed by atoms with van der Waals surface area (Å²) < 4.78 is 5.03. The Morgan fingerprint density at radius 1 is 1.14 bits per heavy atom. The van der Waals surface area contributed by atoms with Crippen LogP contribution in [0.3, 0.4) is 0 Å². The third-order valence-corrected chi connectivity index (χ3v) is 3.11. The number of phenols is 1. The number of anilines is 1. The molecule has 0 aliphatic rings. The molecule has 0 radical (unpaired) electrons. The molecule has 6 heteroatoms. The second-order valence-corrected chi connectivity index (χ2v) is 4.62. The fourth-order valence-corrected chi connectivity index (χ4v) is 1.95. The van der Waals surface area contributed by atoms with Gasteiger partial charge in [0, 0.05) is 0 Å². The van der Waals surface area contributed by atoms with Crippen LogP contribution >= 0.6 is 0 Å². The fourth-order valence-electron chi connectivity index (χ4n) is 1.95. The molecule has 1 amide bonds. The van der Waals surface area contributed by atoms with Gasteiger partial charge in [0.2, 0.25) is 0 Å². The predicted octanol–water partition coefficient (Wildman–Crippen LogP) is 3.15. The van der Waals surface area contributed by atoms with E-state index in [9.17, 15) is 14.7 Å². The van der Waals surface area contributed by atoms with Crippen molar-refractivity contribution in [2.75, 3.05) is 5.32 Å². The molecule has 0 fully saturated rings. The summed E-state index contributed by atoms with van der Waals surface area (Å²) in [6, 6.07) is 11.6. The number of nitrogens with one attached hydrogen (secondary N) is 1. The summed E-state index contributed by atoms with van der Waals surface area (Å²) >= 11 is 0. The summed E-state index contributed by atoms with van der Waals surface area (Å²) in [5.41, 5.74) is 1.09. The van der Waals surface area contributed by atoms with Gasteiger partial charge in [-0.05, 0) is 30.2 Å². The van der Waals surface area contributed by atoms with Gasteiger partial charge in [-0.15, -0.1) is 0 Å². The Morgan fingerprint density at radius 3 is 2.45 bits per heavy atom. The number of hydrogen-bond acceptors (Lipinski definition) is 4. The van der Waals surface area contributed by atoms with Crippen molar-refractivity contribution in [1.82, 2.24) is 0 Å². The molecule has 6 nitrogen and oxygen atoms in total. The number of hydrogen-bond donors (Lipinski definition) is 3. The van der Waals surface area contributed by atoms with Crippen LogP contribution in [0.5, 0.6) is 5.75 Å². The SMILES string of the molecule is Cc1c(C(=O)O)ccc(O)c1NC(=O)OCc1ccccc1. The number of carbonyl (C=O) groups is 2. The lowest BCUT2D eigenvalue weighted by molar-refractivity contribution is 0.0696. The highest BCUT2D eigenvalue weighted by Gasteiger charge is 2.16. The molecule has 0 saturated carbocycles. The van der Waals surface area contributed by atoms with Gasteiger partial charge in [0.05, 0.1) is 11.3 Å². The Hall–Kier alpha value is -3.02. The first-order chi connectivity index (χ1) is 10.5. The van der Waals surface area contributed by atoms with Gasteiger partial charge in [-0.2, -0.15) is 0 Å². The second-order valence-electron chi connectivity index (χ2n) is 4.62. The number of rotatable bonds is 4. The second kappa shape index (κ2) is 6.62. The lowest BCUT2D eigenvalue weighted by atomic mass is 10.1. The quantitative estimate of drug-likeness (QED) is 0.754. The van der Waals surface area contributed by atoms with Crippen molar-refractivity contribution < 1.29 is 24.5 Å². The van der Waals surface area contributed by atoms with Crippen molar-refractivity contribution >= 4 is 17.7 Å². The normalized spacial score (nSPS) is 10.0. The third-order valence-electron chi connectivity index (χ3n) is 3.11. The Labute approximate surface area is 127 Å². The zero-order valence-corrected chi connectivity index (χ0v) is 11.9. The highest BCUT2D eigenvalue weighted by atomic mass is 16.5. The van der Waals surface area contributed by atoms with Crippen molar-refractivity contribution in [3.05, 3.63) is 59.2 Å². The van der Waals surface area contributed by atoms with E-state index in [0.29, 0.717) is 0 Å². The van der Waals surface area contributed by atoms with Gasteiger partial charge in [-0.25, -0.2) is 9.59 Å². The van der Waals surface area contributed by atoms with E-state index in [1.807, 2.05) is 18.2 Å². The monoisotopic (exact) mass is 301 g/mol. The molecule has 0 aliphatic heterocycles. The topological polar surface area (TPSA) is 95.9 Å². The average Bonchev–Trinajstić information content (AvgIpc) is 2.50. The van der Waals surface area contributed by atoms with E-state index >= 15 is 0 Å². The van der Waals surface area contributed by atoms with E-state index in [1.165, 1.54) is 19.1 Å². The van der Waals surface area contributed by atoms with Gasteiger partial charge < -0.3 is 14.9 Å². The van der Waals surface area contributed by atoms with Gasteiger partial charge >= 0.3 is 12.1 Å². The van der Waals surface area contributed by atoms with Crippen LogP contribution in [0.2, 0.25) is 0 Å². The summed E-state index contributed by atoms with van der Waals surface area (Å²) in [5.74, 6) is -1.36. The number of ether oxygens (including phenoxy) is 1. The first-order valence-corrected chi connectivity index (χ1v) is 6.52. The van der Waals surface area contributed by atoms with Crippen LogP contribution in [0, 0.1) is 6.92 Å². The molecule has 0 aliphatic carbocycles. The van der Waals surface area contributed by atoms with E-state index in [-0.39, 0.29) is 29.2 Å². The number of carboxylic acid groups (broad SMARTS) is 1. The summed E-state index contributed by atoms with van der Waals surface area (Å²) in [6.07, 6.45) is -0.773. The molecule has 114 valence electrons. The summed E-state index contributed by atoms with van der Waals surface area (Å²) in [5, 5.41) is 21.2. The molecule has 2 aromatic carbocycles. The zero-order chi connectivity index (χ0) is 16.1. The lowest BCUT2D eigenvalue weighted by Gasteiger charge is -2.12. The minimum atomic E-state index is -1.14. The van der Waals surface area contributed by atoms with Gasteiger partial charge in [-0.1, -0.05) is 30.3 Å². The molecular weight excluding hydrogens is 286 g/mol. The maximum Gasteiger partial charge on any atom is 0.412 e. The van der Waals surface area contributed by atoms with Crippen molar-refractivity contribution in [3.63, 3.8) is 0 Å². The van der Waals surface area contributed by atoms with Crippen molar-refractivity contribution in [2.24, 2.45) is 0 Å². The third kappa shape index (κ3) is 3.54. The maximum atomic E-state index is 11.8. The molecule has 3 N–H and O–H groups in total. The molecule has 0 heterocycles. The molecule has 22 heavy (non-hydrogen) atoms. The first kappa shape index (κ1) is 15.4. The Bertz CT molecular complexity index is 697. The standard InChI is InChI=1S/C16H15NO5/c1-10-12(15(19)20)7-8-13(18)14(10)17-16(21)22-9-11-5-3-2-4-6-11/h2-8,18H,9H2,1H3,(H,17,21)(H,19,20). The van der Waals surface area contributed by atoms with E-state index in [4.69, 9.17) is 9.84 Å². The van der Waals surface area contributed by atoms with Crippen LogP contribution in [0.15, 0.2) is 42.5 Å². The van der Waals surface area contributed by atoms with E-state index in [2.05, 4.69) is 5.32 Å². The van der Waals surface area contributed by atoms with Gasteiger partial charge in [0.15, 0.2) is 0 Å². The number of carboxylic acids is 1. The highest BCUT2D eigenvalue weighted by molar-refractivity contribution is 5.95. The number of aromatic carboxylic acids is 1. The maximum absolute atomic E-state index is 11.8. The van der Waals surface area contributed by atoms with Gasteiger partial charge in [0.1, 0.15) is 12.4 Å². The van der Waals surface area contributed by atoms with Crippen LogP contribution in [0.25, 0.3) is 0 Å². The molecule has 0 bridgehead atoms. The molecule has 2 aromatic rings. The van der Waals surface area contributed by atoms with E-state index in [0.717, 1.165) is 5.56 Å². The molecule has 0 spiro atoms. The molecule has 0 unspecified atom stereocenters. The van der Waals surface area contributed by atoms with Gasteiger partial charge in [0.25, 0.3) is 0 Å². The van der Waals surface area contributed by atoms with Crippen LogP contribution in [0.1, 0.15) is 21.5 Å².